The Morgan fingerprint density at radius 2 is 2.00 bits per heavy atom. The molecule has 8 nitrogen and oxygen atoms in total. The number of fused-ring (bicyclic) bond motifs is 1. The molecule has 1 fully saturated rings. The average molecular weight is 353 g/mol. The lowest BCUT2D eigenvalue weighted by Crippen LogP contribution is -2.33. The molecule has 3 heterocycles. The van der Waals surface area contributed by atoms with Crippen molar-refractivity contribution < 1.29 is 0 Å². The second kappa shape index (κ2) is 6.86. The maximum Gasteiger partial charge on any atom is 0.266 e. The van der Waals surface area contributed by atoms with Gasteiger partial charge in [-0.2, -0.15) is 19.7 Å². The molecule has 0 saturated heterocycles. The molecule has 0 amide bonds. The number of rotatable bonds is 4. The topological polar surface area (TPSA) is 90.0 Å². The van der Waals surface area contributed by atoms with E-state index in [1.807, 2.05) is 0 Å². The second-order valence-electron chi connectivity index (χ2n) is 7.15. The Hall–Kier alpha value is -2.77. The molecule has 1 N–H and O–H groups in total. The maximum atomic E-state index is 12.0. The first-order chi connectivity index (χ1) is 12.6. The van der Waals surface area contributed by atoms with Gasteiger partial charge in [-0.3, -0.25) is 4.79 Å². The highest BCUT2D eigenvalue weighted by atomic mass is 16.1. The Balaban J connectivity index is 1.50. The molecular formula is C18H23N7O. The van der Waals surface area contributed by atoms with E-state index in [0.29, 0.717) is 17.7 Å². The van der Waals surface area contributed by atoms with E-state index >= 15 is 0 Å². The quantitative estimate of drug-likeness (QED) is 0.774. The Morgan fingerprint density at radius 3 is 2.73 bits per heavy atom. The highest BCUT2D eigenvalue weighted by Gasteiger charge is 2.24. The maximum absolute atomic E-state index is 12.0. The molecule has 1 saturated carbocycles. The third-order valence-corrected chi connectivity index (χ3v) is 5.00. The molecule has 1 aliphatic rings. The van der Waals surface area contributed by atoms with E-state index in [4.69, 9.17) is 0 Å². The van der Waals surface area contributed by atoms with Crippen LogP contribution in [0.1, 0.15) is 57.2 Å². The first-order valence-electron chi connectivity index (χ1n) is 9.13. The van der Waals surface area contributed by atoms with Crippen LogP contribution in [0.5, 0.6) is 0 Å². The molecule has 136 valence electrons. The van der Waals surface area contributed by atoms with Crippen molar-refractivity contribution in [3.05, 3.63) is 46.8 Å². The minimum Gasteiger partial charge on any atom is -0.367 e. The summed E-state index contributed by atoms with van der Waals surface area (Å²) in [7, 11) is 0. The van der Waals surface area contributed by atoms with E-state index in [1.165, 1.54) is 6.33 Å². The lowest BCUT2D eigenvalue weighted by atomic mass is 9.91. The third-order valence-electron chi connectivity index (χ3n) is 5.00. The number of aromatic nitrogens is 6. The lowest BCUT2D eigenvalue weighted by molar-refractivity contribution is 0.303. The molecule has 8 heteroatoms. The predicted molar refractivity (Wildman–Crippen MR) is 98.3 cm³/mol. The highest BCUT2D eigenvalue weighted by Crippen LogP contribution is 2.29. The summed E-state index contributed by atoms with van der Waals surface area (Å²) >= 11 is 0. The minimum absolute atomic E-state index is 0.0241. The zero-order valence-electron chi connectivity index (χ0n) is 15.0. The number of hydrogen-bond donors (Lipinski definition) is 1. The Labute approximate surface area is 151 Å². The lowest BCUT2D eigenvalue weighted by Gasteiger charge is -2.30. The van der Waals surface area contributed by atoms with Crippen LogP contribution in [0.3, 0.4) is 0 Å². The average Bonchev–Trinajstić information content (AvgIpc) is 3.12. The van der Waals surface area contributed by atoms with Crippen LogP contribution in [0.15, 0.2) is 35.5 Å². The SMILES string of the molecule is CC(C)c1cc(NC2CCC(n3ncccc3=O)CC2)n2ncnc2n1. The monoisotopic (exact) mass is 353 g/mol. The van der Waals surface area contributed by atoms with Crippen molar-refractivity contribution >= 4 is 11.6 Å². The van der Waals surface area contributed by atoms with Gasteiger partial charge in [0.05, 0.1) is 11.7 Å². The number of nitrogens with zero attached hydrogens (tertiary/aromatic N) is 6. The normalized spacial score (nSPS) is 20.6. The zero-order valence-corrected chi connectivity index (χ0v) is 15.0. The zero-order chi connectivity index (χ0) is 18.1. The molecule has 0 aliphatic heterocycles. The largest absolute Gasteiger partial charge is 0.367 e. The predicted octanol–water partition coefficient (Wildman–Crippen LogP) is 2.40. The van der Waals surface area contributed by atoms with E-state index in [-0.39, 0.29) is 11.6 Å². The standard InChI is InChI=1S/C18H23N7O/c1-12(2)15-10-16(25-18(23-15)19-11-21-25)22-13-5-7-14(8-6-13)24-17(26)4-3-9-20-24/h3-4,9-14,22H,5-8H2,1-2H3. The van der Waals surface area contributed by atoms with Crippen molar-refractivity contribution in [3.8, 4) is 0 Å². The Bertz CT molecular complexity index is 953. The van der Waals surface area contributed by atoms with Crippen molar-refractivity contribution in [1.82, 2.24) is 29.4 Å². The molecule has 0 radical (unpaired) electrons. The van der Waals surface area contributed by atoms with Crippen LogP contribution in [-0.4, -0.2) is 35.4 Å². The first kappa shape index (κ1) is 16.7. The summed E-state index contributed by atoms with van der Waals surface area (Å²) in [6.07, 6.45) is 7.01. The van der Waals surface area contributed by atoms with Gasteiger partial charge in [-0.25, -0.2) is 9.67 Å². The van der Waals surface area contributed by atoms with E-state index in [9.17, 15) is 4.79 Å². The number of anilines is 1. The molecule has 0 unspecified atom stereocenters. The van der Waals surface area contributed by atoms with Gasteiger partial charge in [0.1, 0.15) is 12.1 Å². The van der Waals surface area contributed by atoms with Crippen LogP contribution in [-0.2, 0) is 0 Å². The van der Waals surface area contributed by atoms with Crippen molar-refractivity contribution in [2.24, 2.45) is 0 Å². The molecule has 4 rings (SSSR count). The van der Waals surface area contributed by atoms with Gasteiger partial charge in [0.2, 0.25) is 0 Å². The molecule has 3 aromatic heterocycles. The molecule has 0 bridgehead atoms. The molecule has 1 aliphatic carbocycles. The van der Waals surface area contributed by atoms with Crippen molar-refractivity contribution in [1.29, 1.82) is 0 Å². The molecule has 0 atom stereocenters. The van der Waals surface area contributed by atoms with E-state index in [0.717, 1.165) is 37.2 Å². The fourth-order valence-corrected chi connectivity index (χ4v) is 3.55. The van der Waals surface area contributed by atoms with Gasteiger partial charge in [-0.1, -0.05) is 13.8 Å². The summed E-state index contributed by atoms with van der Waals surface area (Å²) in [6.45, 7) is 4.24. The van der Waals surface area contributed by atoms with Gasteiger partial charge in [0, 0.05) is 24.4 Å². The van der Waals surface area contributed by atoms with E-state index in [1.54, 1.807) is 27.5 Å². The molecule has 3 aromatic rings. The van der Waals surface area contributed by atoms with Crippen molar-refractivity contribution in [2.75, 3.05) is 5.32 Å². The molecule has 0 aromatic carbocycles. The second-order valence-corrected chi connectivity index (χ2v) is 7.15. The van der Waals surface area contributed by atoms with Gasteiger partial charge < -0.3 is 5.32 Å². The van der Waals surface area contributed by atoms with Crippen LogP contribution in [0, 0.1) is 0 Å². The first-order valence-corrected chi connectivity index (χ1v) is 9.13. The number of hydrogen-bond acceptors (Lipinski definition) is 6. The fraction of sp³-hybridized carbons (Fsp3) is 0.500. The van der Waals surface area contributed by atoms with Gasteiger partial charge in [-0.15, -0.1) is 0 Å². The third kappa shape index (κ3) is 3.18. The summed E-state index contributed by atoms with van der Waals surface area (Å²) in [5.41, 5.74) is 0.977. The van der Waals surface area contributed by atoms with Crippen LogP contribution in [0.2, 0.25) is 0 Å². The Morgan fingerprint density at radius 1 is 1.19 bits per heavy atom. The molecule has 0 spiro atoms. The molecule has 26 heavy (non-hydrogen) atoms. The van der Waals surface area contributed by atoms with Crippen LogP contribution < -0.4 is 10.9 Å². The molecular weight excluding hydrogens is 330 g/mol. The van der Waals surface area contributed by atoms with Crippen LogP contribution in [0.4, 0.5) is 5.82 Å². The highest BCUT2D eigenvalue weighted by molar-refractivity contribution is 5.46. The summed E-state index contributed by atoms with van der Waals surface area (Å²) in [6, 6.07) is 5.83. The van der Waals surface area contributed by atoms with E-state index in [2.05, 4.69) is 45.4 Å². The smallest absolute Gasteiger partial charge is 0.266 e. The van der Waals surface area contributed by atoms with Crippen LogP contribution >= 0.6 is 0 Å². The summed E-state index contributed by atoms with van der Waals surface area (Å²) < 4.78 is 3.37. The van der Waals surface area contributed by atoms with Gasteiger partial charge in [0.15, 0.2) is 0 Å². The van der Waals surface area contributed by atoms with Crippen molar-refractivity contribution in [3.63, 3.8) is 0 Å². The van der Waals surface area contributed by atoms with Gasteiger partial charge in [-0.05, 0) is 37.7 Å². The summed E-state index contributed by atoms with van der Waals surface area (Å²) in [5, 5.41) is 12.1. The summed E-state index contributed by atoms with van der Waals surface area (Å²) in [5.74, 6) is 1.87. The minimum atomic E-state index is -0.0241. The fourth-order valence-electron chi connectivity index (χ4n) is 3.55. The Kier molecular flexibility index (Phi) is 4.40. The van der Waals surface area contributed by atoms with E-state index < -0.39 is 0 Å². The van der Waals surface area contributed by atoms with Crippen molar-refractivity contribution in [2.45, 2.75) is 57.5 Å². The van der Waals surface area contributed by atoms with Gasteiger partial charge in [0.25, 0.3) is 11.3 Å². The van der Waals surface area contributed by atoms with Gasteiger partial charge >= 0.3 is 0 Å². The number of nitrogens with one attached hydrogen (secondary N) is 1. The van der Waals surface area contributed by atoms with Crippen LogP contribution in [0.25, 0.3) is 5.78 Å². The summed E-state index contributed by atoms with van der Waals surface area (Å²) in [4.78, 5) is 20.8.